The Bertz CT molecular complexity index is 467. The molecule has 120 valence electrons. The maximum Gasteiger partial charge on any atom is 0.459 e. The highest BCUT2D eigenvalue weighted by Gasteiger charge is 2.72. The van der Waals surface area contributed by atoms with Crippen molar-refractivity contribution in [2.45, 2.75) is 30.5 Å². The number of aliphatic hydroxyl groups is 1. The van der Waals surface area contributed by atoms with Crippen LogP contribution in [0.4, 0.5) is 30.7 Å². The quantitative estimate of drug-likeness (QED) is 0.833. The predicted molar refractivity (Wildman–Crippen MR) is 58.5 cm³/mol. The SMILES string of the molecule is COc1ccc(C(O)CC(F)(F)C(F)(F)C(F)(F)F)cc1. The Kier molecular flexibility index (Phi) is 4.76. The average molecular weight is 320 g/mol. The van der Waals surface area contributed by atoms with Crippen LogP contribution in [0.2, 0.25) is 0 Å². The lowest BCUT2D eigenvalue weighted by atomic mass is 9.98. The molecule has 1 unspecified atom stereocenters. The molecule has 1 rings (SSSR count). The zero-order valence-electron chi connectivity index (χ0n) is 10.6. The number of rotatable bonds is 5. The van der Waals surface area contributed by atoms with E-state index < -0.39 is 30.5 Å². The Hall–Kier alpha value is -1.51. The number of aliphatic hydroxyl groups excluding tert-OH is 1. The van der Waals surface area contributed by atoms with Gasteiger partial charge in [-0.3, -0.25) is 0 Å². The lowest BCUT2D eigenvalue weighted by molar-refractivity contribution is -0.358. The second-order valence-electron chi connectivity index (χ2n) is 4.27. The molecular weight excluding hydrogens is 309 g/mol. The van der Waals surface area contributed by atoms with Gasteiger partial charge in [0.15, 0.2) is 0 Å². The van der Waals surface area contributed by atoms with Crippen molar-refractivity contribution in [3.63, 3.8) is 0 Å². The number of alkyl halides is 7. The first kappa shape index (κ1) is 17.5. The average Bonchev–Trinajstić information content (AvgIpc) is 2.36. The summed E-state index contributed by atoms with van der Waals surface area (Å²) in [5.41, 5.74) is -0.228. The summed E-state index contributed by atoms with van der Waals surface area (Å²) in [6.07, 6.45) is -10.7. The van der Waals surface area contributed by atoms with Crippen molar-refractivity contribution < 1.29 is 40.6 Å². The van der Waals surface area contributed by atoms with Gasteiger partial charge in [0.05, 0.1) is 13.2 Å². The van der Waals surface area contributed by atoms with E-state index in [1.807, 2.05) is 0 Å². The molecule has 9 heteroatoms. The van der Waals surface area contributed by atoms with Crippen molar-refractivity contribution in [3.05, 3.63) is 29.8 Å². The summed E-state index contributed by atoms with van der Waals surface area (Å²) in [7, 11) is 1.31. The van der Waals surface area contributed by atoms with Crippen molar-refractivity contribution in [1.82, 2.24) is 0 Å². The van der Waals surface area contributed by atoms with Crippen LogP contribution in [0.15, 0.2) is 24.3 Å². The molecule has 0 aromatic heterocycles. The fourth-order valence-electron chi connectivity index (χ4n) is 1.52. The van der Waals surface area contributed by atoms with E-state index in [-0.39, 0.29) is 5.56 Å². The summed E-state index contributed by atoms with van der Waals surface area (Å²) < 4.78 is 92.3. The largest absolute Gasteiger partial charge is 0.497 e. The molecule has 1 aromatic carbocycles. The van der Waals surface area contributed by atoms with Crippen LogP contribution in [0.3, 0.4) is 0 Å². The Morgan fingerprint density at radius 3 is 1.86 bits per heavy atom. The molecule has 0 aliphatic rings. The van der Waals surface area contributed by atoms with Gasteiger partial charge in [0, 0.05) is 6.42 Å². The van der Waals surface area contributed by atoms with Gasteiger partial charge in [-0.05, 0) is 17.7 Å². The van der Waals surface area contributed by atoms with Crippen LogP contribution in [-0.4, -0.2) is 30.2 Å². The molecular formula is C12H11F7O2. The monoisotopic (exact) mass is 320 g/mol. The predicted octanol–water partition coefficient (Wildman–Crippen LogP) is 3.95. The Balaban J connectivity index is 2.92. The fourth-order valence-corrected chi connectivity index (χ4v) is 1.52. The minimum absolute atomic E-state index is 0.228. The van der Waals surface area contributed by atoms with Crippen LogP contribution in [0, 0.1) is 0 Å². The molecule has 0 amide bonds. The molecule has 0 saturated carbocycles. The van der Waals surface area contributed by atoms with Gasteiger partial charge in [-0.15, -0.1) is 0 Å². The zero-order chi connectivity index (χ0) is 16.5. The van der Waals surface area contributed by atoms with E-state index in [2.05, 4.69) is 0 Å². The molecule has 0 saturated heterocycles. The molecule has 0 heterocycles. The Morgan fingerprint density at radius 1 is 1.00 bits per heavy atom. The summed E-state index contributed by atoms with van der Waals surface area (Å²) in [4.78, 5) is 0. The molecule has 0 radical (unpaired) electrons. The third kappa shape index (κ3) is 3.58. The standard InChI is InChI=1S/C12H11F7O2/c1-21-8-4-2-7(3-5-8)9(20)6-10(13,14)11(15,16)12(17,18)19/h2-5,9,20H,6H2,1H3. The third-order valence-electron chi connectivity index (χ3n) is 2.77. The normalized spacial score (nSPS) is 14.9. The zero-order valence-corrected chi connectivity index (χ0v) is 10.6. The fraction of sp³-hybridized carbons (Fsp3) is 0.500. The van der Waals surface area contributed by atoms with Crippen LogP contribution >= 0.6 is 0 Å². The maximum atomic E-state index is 13.1. The van der Waals surface area contributed by atoms with Gasteiger partial charge in [-0.25, -0.2) is 0 Å². The first-order valence-corrected chi connectivity index (χ1v) is 5.57. The van der Waals surface area contributed by atoms with Crippen molar-refractivity contribution in [2.24, 2.45) is 0 Å². The van der Waals surface area contributed by atoms with Gasteiger partial charge in [0.2, 0.25) is 0 Å². The molecule has 1 atom stereocenters. The van der Waals surface area contributed by atoms with Gasteiger partial charge in [-0.2, -0.15) is 30.7 Å². The lowest BCUT2D eigenvalue weighted by Gasteiger charge is -2.29. The third-order valence-corrected chi connectivity index (χ3v) is 2.77. The Morgan fingerprint density at radius 2 is 1.48 bits per heavy atom. The second kappa shape index (κ2) is 5.70. The first-order valence-electron chi connectivity index (χ1n) is 5.57. The number of ether oxygens (including phenoxy) is 1. The number of methoxy groups -OCH3 is 1. The molecule has 2 nitrogen and oxygen atoms in total. The van der Waals surface area contributed by atoms with Crippen molar-refractivity contribution in [3.8, 4) is 5.75 Å². The van der Waals surface area contributed by atoms with E-state index in [1.54, 1.807) is 0 Å². The molecule has 0 spiro atoms. The highest BCUT2D eigenvalue weighted by molar-refractivity contribution is 5.28. The van der Waals surface area contributed by atoms with Gasteiger partial charge >= 0.3 is 18.0 Å². The second-order valence-corrected chi connectivity index (χ2v) is 4.27. The van der Waals surface area contributed by atoms with Crippen LogP contribution in [0.5, 0.6) is 5.75 Å². The van der Waals surface area contributed by atoms with Gasteiger partial charge in [0.25, 0.3) is 0 Å². The minimum atomic E-state index is -6.41. The summed E-state index contributed by atoms with van der Waals surface area (Å²) >= 11 is 0. The molecule has 1 N–H and O–H groups in total. The smallest absolute Gasteiger partial charge is 0.459 e. The number of hydrogen-bond donors (Lipinski definition) is 1. The van der Waals surface area contributed by atoms with Gasteiger partial charge in [0.1, 0.15) is 5.75 Å². The van der Waals surface area contributed by atoms with E-state index in [0.29, 0.717) is 5.75 Å². The van der Waals surface area contributed by atoms with Crippen LogP contribution in [0.1, 0.15) is 18.1 Å². The minimum Gasteiger partial charge on any atom is -0.497 e. The highest BCUT2D eigenvalue weighted by Crippen LogP contribution is 2.49. The van der Waals surface area contributed by atoms with Crippen LogP contribution < -0.4 is 4.74 Å². The van der Waals surface area contributed by atoms with Gasteiger partial charge < -0.3 is 9.84 Å². The van der Waals surface area contributed by atoms with E-state index in [0.717, 1.165) is 12.1 Å². The molecule has 1 aromatic rings. The number of halogens is 7. The molecule has 0 aliphatic carbocycles. The van der Waals surface area contributed by atoms with Crippen molar-refractivity contribution in [1.29, 1.82) is 0 Å². The number of hydrogen-bond acceptors (Lipinski definition) is 2. The first-order chi connectivity index (χ1) is 9.42. The lowest BCUT2D eigenvalue weighted by Crippen LogP contribution is -2.52. The van der Waals surface area contributed by atoms with E-state index in [4.69, 9.17) is 4.74 Å². The van der Waals surface area contributed by atoms with Crippen LogP contribution in [-0.2, 0) is 0 Å². The topological polar surface area (TPSA) is 29.5 Å². The summed E-state index contributed by atoms with van der Waals surface area (Å²) in [6.45, 7) is 0. The summed E-state index contributed by atoms with van der Waals surface area (Å²) in [5, 5.41) is 9.43. The van der Waals surface area contributed by atoms with E-state index in [9.17, 15) is 35.8 Å². The highest BCUT2D eigenvalue weighted by atomic mass is 19.4. The molecule has 21 heavy (non-hydrogen) atoms. The molecule has 0 bridgehead atoms. The molecule has 0 fully saturated rings. The van der Waals surface area contributed by atoms with Crippen molar-refractivity contribution >= 4 is 0 Å². The van der Waals surface area contributed by atoms with E-state index >= 15 is 0 Å². The maximum absolute atomic E-state index is 13.1. The molecule has 0 aliphatic heterocycles. The van der Waals surface area contributed by atoms with Gasteiger partial charge in [-0.1, -0.05) is 12.1 Å². The summed E-state index contributed by atoms with van der Waals surface area (Å²) in [6, 6.07) is 4.67. The van der Waals surface area contributed by atoms with Crippen molar-refractivity contribution in [2.75, 3.05) is 7.11 Å². The Labute approximate surface area is 115 Å². The number of benzene rings is 1. The summed E-state index contributed by atoms with van der Waals surface area (Å²) in [5.74, 6) is -11.4. The van der Waals surface area contributed by atoms with Crippen LogP contribution in [0.25, 0.3) is 0 Å². The van der Waals surface area contributed by atoms with E-state index in [1.165, 1.54) is 19.2 Å².